The number of carbonyl (C=O) groups excluding carboxylic acids is 2. The van der Waals surface area contributed by atoms with E-state index in [1.807, 2.05) is 0 Å². The van der Waals surface area contributed by atoms with Crippen molar-refractivity contribution in [1.29, 1.82) is 0 Å². The summed E-state index contributed by atoms with van der Waals surface area (Å²) in [6.07, 6.45) is 0.857. The summed E-state index contributed by atoms with van der Waals surface area (Å²) in [6, 6.07) is 1.60. The Balaban J connectivity index is 0.00000441. The Kier molecular flexibility index (Phi) is 9.20. The van der Waals surface area contributed by atoms with E-state index in [1.54, 1.807) is 7.05 Å². The maximum atomic E-state index is 13.3. The van der Waals surface area contributed by atoms with Gasteiger partial charge in [0.15, 0.2) is 17.5 Å². The molecule has 0 spiro atoms. The van der Waals surface area contributed by atoms with Crippen LogP contribution in [0.15, 0.2) is 12.1 Å². The fourth-order valence-corrected chi connectivity index (χ4v) is 1.51. The van der Waals surface area contributed by atoms with Gasteiger partial charge in [-0.15, -0.1) is 12.4 Å². The molecule has 0 aliphatic heterocycles. The molecule has 0 radical (unpaired) electrons. The minimum Gasteiger partial charge on any atom is -0.347 e. The van der Waals surface area contributed by atoms with E-state index in [2.05, 4.69) is 16.0 Å². The number of hydrogen-bond donors (Lipinski definition) is 3. The second kappa shape index (κ2) is 10.0. The number of benzene rings is 1. The zero-order valence-corrected chi connectivity index (χ0v) is 12.7. The first kappa shape index (κ1) is 20.2. The van der Waals surface area contributed by atoms with Crippen LogP contribution < -0.4 is 16.0 Å². The normalized spacial score (nSPS) is 9.82. The smallest absolute Gasteiger partial charge is 0.243 e. The first-order chi connectivity index (χ1) is 9.95. The molecule has 9 heteroatoms. The molecule has 1 aromatic carbocycles. The molecular weight excluding hydrogens is 323 g/mol. The standard InChI is InChI=1S/C13H16F3N3O2.ClH/c1-17-6-2-3-10(20)18-7-11(21)19-9-5-4-8(14)12(15)13(9)16;/h4-5,17H,2-3,6-7H2,1H3,(H,18,20)(H,19,21);1H. The predicted molar refractivity (Wildman–Crippen MR) is 78.4 cm³/mol. The highest BCUT2D eigenvalue weighted by Crippen LogP contribution is 2.19. The SMILES string of the molecule is CNCCCC(=O)NCC(=O)Nc1ccc(F)c(F)c1F.Cl. The van der Waals surface area contributed by atoms with E-state index in [4.69, 9.17) is 0 Å². The van der Waals surface area contributed by atoms with E-state index in [-0.39, 0.29) is 31.3 Å². The second-order valence-corrected chi connectivity index (χ2v) is 4.25. The van der Waals surface area contributed by atoms with Crippen LogP contribution >= 0.6 is 12.4 Å². The second-order valence-electron chi connectivity index (χ2n) is 4.25. The summed E-state index contributed by atoms with van der Waals surface area (Å²) < 4.78 is 39.0. The van der Waals surface area contributed by atoms with Crippen LogP contribution in [0.2, 0.25) is 0 Å². The Morgan fingerprint density at radius 3 is 2.41 bits per heavy atom. The summed E-state index contributed by atoms with van der Waals surface area (Å²) in [5.74, 6) is -5.55. The van der Waals surface area contributed by atoms with Crippen molar-refractivity contribution < 1.29 is 22.8 Å². The first-order valence-electron chi connectivity index (χ1n) is 6.30. The van der Waals surface area contributed by atoms with Crippen molar-refractivity contribution >= 4 is 29.9 Å². The molecule has 124 valence electrons. The zero-order valence-electron chi connectivity index (χ0n) is 11.8. The maximum Gasteiger partial charge on any atom is 0.243 e. The van der Waals surface area contributed by atoms with Crippen molar-refractivity contribution in [2.45, 2.75) is 12.8 Å². The Morgan fingerprint density at radius 2 is 1.77 bits per heavy atom. The van der Waals surface area contributed by atoms with Crippen LogP contribution in [0.1, 0.15) is 12.8 Å². The molecule has 0 aliphatic rings. The van der Waals surface area contributed by atoms with Crippen molar-refractivity contribution in [3.05, 3.63) is 29.6 Å². The summed E-state index contributed by atoms with van der Waals surface area (Å²) in [7, 11) is 1.75. The fourth-order valence-electron chi connectivity index (χ4n) is 1.51. The quantitative estimate of drug-likeness (QED) is 0.522. The van der Waals surface area contributed by atoms with Crippen LogP contribution in [0.25, 0.3) is 0 Å². The van der Waals surface area contributed by atoms with Gasteiger partial charge < -0.3 is 16.0 Å². The first-order valence-corrected chi connectivity index (χ1v) is 6.30. The molecule has 0 aliphatic carbocycles. The number of nitrogens with one attached hydrogen (secondary N) is 3. The van der Waals surface area contributed by atoms with Crippen molar-refractivity contribution in [3.63, 3.8) is 0 Å². The van der Waals surface area contributed by atoms with Crippen molar-refractivity contribution in [1.82, 2.24) is 10.6 Å². The van der Waals surface area contributed by atoms with Gasteiger partial charge in [0.25, 0.3) is 0 Å². The third-order valence-electron chi connectivity index (χ3n) is 2.59. The monoisotopic (exact) mass is 339 g/mol. The van der Waals surface area contributed by atoms with E-state index in [0.29, 0.717) is 19.0 Å². The number of halogens is 4. The fraction of sp³-hybridized carbons (Fsp3) is 0.385. The zero-order chi connectivity index (χ0) is 15.8. The molecule has 0 aromatic heterocycles. The molecule has 0 unspecified atom stereocenters. The highest BCUT2D eigenvalue weighted by atomic mass is 35.5. The molecule has 0 fully saturated rings. The molecule has 2 amide bonds. The number of rotatable bonds is 7. The van der Waals surface area contributed by atoms with Gasteiger partial charge in [0.2, 0.25) is 11.8 Å². The van der Waals surface area contributed by atoms with Crippen molar-refractivity contribution in [2.24, 2.45) is 0 Å². The van der Waals surface area contributed by atoms with Crippen molar-refractivity contribution in [2.75, 3.05) is 25.5 Å². The Labute approximate surface area is 132 Å². The third kappa shape index (κ3) is 6.31. The van der Waals surface area contributed by atoms with Crippen LogP contribution in [0.3, 0.4) is 0 Å². The molecule has 22 heavy (non-hydrogen) atoms. The summed E-state index contributed by atoms with van der Waals surface area (Å²) in [4.78, 5) is 22.8. The van der Waals surface area contributed by atoms with Crippen LogP contribution in [-0.2, 0) is 9.59 Å². The molecule has 1 aromatic rings. The van der Waals surface area contributed by atoms with Gasteiger partial charge in [0.05, 0.1) is 12.2 Å². The predicted octanol–water partition coefficient (Wildman–Crippen LogP) is 1.58. The molecule has 3 N–H and O–H groups in total. The lowest BCUT2D eigenvalue weighted by Gasteiger charge is -2.08. The van der Waals surface area contributed by atoms with Gasteiger partial charge in [0.1, 0.15) is 0 Å². The van der Waals surface area contributed by atoms with Crippen LogP contribution in [-0.4, -0.2) is 32.0 Å². The molecule has 0 saturated heterocycles. The number of amides is 2. The maximum absolute atomic E-state index is 13.3. The molecule has 1 rings (SSSR count). The number of carbonyl (C=O) groups is 2. The summed E-state index contributed by atoms with van der Waals surface area (Å²) >= 11 is 0. The van der Waals surface area contributed by atoms with Gasteiger partial charge in [0, 0.05) is 6.42 Å². The highest BCUT2D eigenvalue weighted by molar-refractivity contribution is 5.94. The van der Waals surface area contributed by atoms with Crippen molar-refractivity contribution in [3.8, 4) is 0 Å². The molecule has 0 saturated carbocycles. The lowest BCUT2D eigenvalue weighted by atomic mass is 10.2. The average molecular weight is 340 g/mol. The van der Waals surface area contributed by atoms with Crippen LogP contribution in [0.5, 0.6) is 0 Å². The van der Waals surface area contributed by atoms with Gasteiger partial charge in [-0.05, 0) is 32.1 Å². The Morgan fingerprint density at radius 1 is 1.09 bits per heavy atom. The molecule has 0 bridgehead atoms. The van der Waals surface area contributed by atoms with Gasteiger partial charge >= 0.3 is 0 Å². The minimum atomic E-state index is -1.66. The summed E-state index contributed by atoms with van der Waals surface area (Å²) in [5, 5.41) is 7.26. The van der Waals surface area contributed by atoms with E-state index >= 15 is 0 Å². The Bertz CT molecular complexity index is 529. The largest absolute Gasteiger partial charge is 0.347 e. The van der Waals surface area contributed by atoms with Gasteiger partial charge in [-0.3, -0.25) is 9.59 Å². The molecule has 0 atom stereocenters. The van der Waals surface area contributed by atoms with Gasteiger partial charge in [-0.2, -0.15) is 0 Å². The summed E-state index contributed by atoms with van der Waals surface area (Å²) in [6.45, 7) is 0.288. The van der Waals surface area contributed by atoms with Gasteiger partial charge in [-0.25, -0.2) is 13.2 Å². The molecular formula is C13H17ClF3N3O2. The van der Waals surface area contributed by atoms with E-state index in [0.717, 1.165) is 6.07 Å². The van der Waals surface area contributed by atoms with E-state index < -0.39 is 29.0 Å². The van der Waals surface area contributed by atoms with Crippen LogP contribution in [0.4, 0.5) is 18.9 Å². The lowest BCUT2D eigenvalue weighted by Crippen LogP contribution is -2.33. The number of hydrogen-bond acceptors (Lipinski definition) is 3. The Hall–Kier alpha value is -1.80. The van der Waals surface area contributed by atoms with Gasteiger partial charge in [-0.1, -0.05) is 0 Å². The average Bonchev–Trinajstić information content (AvgIpc) is 2.46. The van der Waals surface area contributed by atoms with E-state index in [9.17, 15) is 22.8 Å². The minimum absolute atomic E-state index is 0. The topological polar surface area (TPSA) is 70.2 Å². The lowest BCUT2D eigenvalue weighted by molar-refractivity contribution is -0.124. The summed E-state index contributed by atoms with van der Waals surface area (Å²) in [5.41, 5.74) is -0.483. The molecule has 0 heterocycles. The number of anilines is 1. The van der Waals surface area contributed by atoms with Crippen LogP contribution in [0, 0.1) is 17.5 Å². The highest BCUT2D eigenvalue weighted by Gasteiger charge is 2.15. The third-order valence-corrected chi connectivity index (χ3v) is 2.59. The van der Waals surface area contributed by atoms with E-state index in [1.165, 1.54) is 0 Å². The molecule has 5 nitrogen and oxygen atoms in total.